The first-order valence-corrected chi connectivity index (χ1v) is 6.60. The van der Waals surface area contributed by atoms with Gasteiger partial charge in [0.2, 0.25) is 0 Å². The van der Waals surface area contributed by atoms with Gasteiger partial charge in [-0.1, -0.05) is 17.7 Å². The van der Waals surface area contributed by atoms with Crippen LogP contribution in [-0.4, -0.2) is 18.1 Å². The second kappa shape index (κ2) is 5.42. The predicted octanol–water partition coefficient (Wildman–Crippen LogP) is 3.74. The molecule has 0 saturated heterocycles. The molecule has 1 aromatic heterocycles. The van der Waals surface area contributed by atoms with Crippen LogP contribution in [0.15, 0.2) is 35.7 Å². The van der Waals surface area contributed by atoms with Crippen LogP contribution < -0.4 is 4.90 Å². The molecule has 0 spiro atoms. The summed E-state index contributed by atoms with van der Waals surface area (Å²) in [5.74, 6) is -0.945. The summed E-state index contributed by atoms with van der Waals surface area (Å²) in [7, 11) is 1.86. The van der Waals surface area contributed by atoms with E-state index in [4.69, 9.17) is 16.7 Å². The van der Waals surface area contributed by atoms with Gasteiger partial charge in [0.1, 0.15) is 0 Å². The number of nitrogens with zero attached hydrogens (tertiary/aromatic N) is 1. The number of benzene rings is 1. The van der Waals surface area contributed by atoms with Crippen LogP contribution in [0.1, 0.15) is 15.2 Å². The van der Waals surface area contributed by atoms with Gasteiger partial charge in [0.25, 0.3) is 0 Å². The highest BCUT2D eigenvalue weighted by Crippen LogP contribution is 2.26. The third-order valence-corrected chi connectivity index (χ3v) is 3.67. The lowest BCUT2D eigenvalue weighted by Gasteiger charge is -2.20. The van der Waals surface area contributed by atoms with Gasteiger partial charge in [0.05, 0.1) is 17.8 Å². The van der Waals surface area contributed by atoms with Crippen molar-refractivity contribution in [1.82, 2.24) is 0 Å². The van der Waals surface area contributed by atoms with E-state index in [0.29, 0.717) is 17.3 Å². The van der Waals surface area contributed by atoms with E-state index in [1.807, 2.05) is 29.5 Å². The van der Waals surface area contributed by atoms with Crippen molar-refractivity contribution in [1.29, 1.82) is 0 Å². The van der Waals surface area contributed by atoms with Crippen LogP contribution in [0.3, 0.4) is 0 Å². The molecular formula is C13H12ClNO2S. The molecule has 1 N–H and O–H groups in total. The Morgan fingerprint density at radius 1 is 1.44 bits per heavy atom. The van der Waals surface area contributed by atoms with E-state index >= 15 is 0 Å². The predicted molar refractivity (Wildman–Crippen MR) is 74.8 cm³/mol. The number of anilines is 1. The van der Waals surface area contributed by atoms with Crippen LogP contribution in [0.4, 0.5) is 5.69 Å². The van der Waals surface area contributed by atoms with Gasteiger partial charge in [-0.25, -0.2) is 4.79 Å². The molecule has 94 valence electrons. The zero-order chi connectivity index (χ0) is 13.1. The maximum atomic E-state index is 11.2. The molecule has 0 saturated carbocycles. The van der Waals surface area contributed by atoms with Gasteiger partial charge in [0.15, 0.2) is 0 Å². The van der Waals surface area contributed by atoms with Crippen LogP contribution in [-0.2, 0) is 6.54 Å². The fourth-order valence-corrected chi connectivity index (χ4v) is 2.65. The van der Waals surface area contributed by atoms with E-state index in [1.165, 1.54) is 10.9 Å². The highest BCUT2D eigenvalue weighted by atomic mass is 35.5. The molecule has 1 aromatic carbocycles. The van der Waals surface area contributed by atoms with Crippen LogP contribution in [0.2, 0.25) is 5.02 Å². The molecule has 0 fully saturated rings. The second-order valence-electron chi connectivity index (χ2n) is 3.90. The van der Waals surface area contributed by atoms with Crippen LogP contribution >= 0.6 is 22.9 Å². The van der Waals surface area contributed by atoms with Crippen molar-refractivity contribution >= 4 is 34.6 Å². The minimum atomic E-state index is -0.945. The van der Waals surface area contributed by atoms with Crippen molar-refractivity contribution in [3.8, 4) is 0 Å². The molecule has 18 heavy (non-hydrogen) atoms. The van der Waals surface area contributed by atoms with E-state index in [-0.39, 0.29) is 5.56 Å². The van der Waals surface area contributed by atoms with Crippen molar-refractivity contribution in [2.24, 2.45) is 0 Å². The fourth-order valence-electron chi connectivity index (χ4n) is 1.72. The standard InChI is InChI=1S/C13H12ClNO2S/c1-15(8-10-3-2-6-18-10)12-7-9(14)4-5-11(12)13(16)17/h2-7H,8H2,1H3,(H,16,17). The molecule has 0 aliphatic carbocycles. The van der Waals surface area contributed by atoms with E-state index in [2.05, 4.69) is 0 Å². The number of carbonyl (C=O) groups is 1. The molecular weight excluding hydrogens is 270 g/mol. The van der Waals surface area contributed by atoms with Gasteiger partial charge in [-0.3, -0.25) is 0 Å². The summed E-state index contributed by atoms with van der Waals surface area (Å²) in [6.45, 7) is 0.665. The number of carboxylic acid groups (broad SMARTS) is 1. The maximum Gasteiger partial charge on any atom is 0.337 e. The molecule has 2 rings (SSSR count). The summed E-state index contributed by atoms with van der Waals surface area (Å²) in [5.41, 5.74) is 0.891. The van der Waals surface area contributed by atoms with Gasteiger partial charge in [-0.15, -0.1) is 11.3 Å². The zero-order valence-electron chi connectivity index (χ0n) is 9.76. The Morgan fingerprint density at radius 3 is 2.83 bits per heavy atom. The Kier molecular flexibility index (Phi) is 3.89. The summed E-state index contributed by atoms with van der Waals surface area (Å²) in [6.07, 6.45) is 0. The first-order valence-electron chi connectivity index (χ1n) is 5.34. The van der Waals surface area contributed by atoms with E-state index < -0.39 is 5.97 Å². The number of hydrogen-bond acceptors (Lipinski definition) is 3. The van der Waals surface area contributed by atoms with E-state index in [9.17, 15) is 4.79 Å². The van der Waals surface area contributed by atoms with Crippen molar-refractivity contribution < 1.29 is 9.90 Å². The summed E-state index contributed by atoms with van der Waals surface area (Å²) in [5, 5.41) is 11.7. The summed E-state index contributed by atoms with van der Waals surface area (Å²) in [6, 6.07) is 8.80. The summed E-state index contributed by atoms with van der Waals surface area (Å²) >= 11 is 7.57. The molecule has 1 heterocycles. The third-order valence-electron chi connectivity index (χ3n) is 2.57. The number of hydrogen-bond donors (Lipinski definition) is 1. The molecule has 3 nitrogen and oxygen atoms in total. The largest absolute Gasteiger partial charge is 0.478 e. The third kappa shape index (κ3) is 2.83. The number of aromatic carboxylic acids is 1. The SMILES string of the molecule is CN(Cc1cccs1)c1cc(Cl)ccc1C(=O)O. The van der Waals surface area contributed by atoms with Crippen molar-refractivity contribution in [2.45, 2.75) is 6.54 Å². The smallest absolute Gasteiger partial charge is 0.337 e. The first-order chi connectivity index (χ1) is 8.58. The monoisotopic (exact) mass is 281 g/mol. The number of thiophene rings is 1. The number of rotatable bonds is 4. The Morgan fingerprint density at radius 2 is 2.22 bits per heavy atom. The first kappa shape index (κ1) is 12.9. The molecule has 0 unspecified atom stereocenters. The van der Waals surface area contributed by atoms with Gasteiger partial charge in [-0.2, -0.15) is 0 Å². The lowest BCUT2D eigenvalue weighted by atomic mass is 10.1. The lowest BCUT2D eigenvalue weighted by molar-refractivity contribution is 0.0697. The zero-order valence-corrected chi connectivity index (χ0v) is 11.3. The van der Waals surface area contributed by atoms with Gasteiger partial charge in [0, 0.05) is 16.9 Å². The van der Waals surface area contributed by atoms with E-state index in [0.717, 1.165) is 0 Å². The Balaban J connectivity index is 2.31. The van der Waals surface area contributed by atoms with E-state index in [1.54, 1.807) is 23.5 Å². The molecule has 0 aliphatic rings. The Labute approximate surface area is 114 Å². The number of carboxylic acids is 1. The number of halogens is 1. The molecule has 5 heteroatoms. The van der Waals surface area contributed by atoms with Crippen LogP contribution in [0.5, 0.6) is 0 Å². The Bertz CT molecular complexity index is 554. The average Bonchev–Trinajstić information content (AvgIpc) is 2.81. The summed E-state index contributed by atoms with van der Waals surface area (Å²) in [4.78, 5) is 14.2. The summed E-state index contributed by atoms with van der Waals surface area (Å²) < 4.78 is 0. The Hall–Kier alpha value is -1.52. The average molecular weight is 282 g/mol. The lowest BCUT2D eigenvalue weighted by Crippen LogP contribution is -2.18. The maximum absolute atomic E-state index is 11.2. The molecule has 0 bridgehead atoms. The van der Waals surface area contributed by atoms with Gasteiger partial charge < -0.3 is 10.0 Å². The fraction of sp³-hybridized carbons (Fsp3) is 0.154. The topological polar surface area (TPSA) is 40.5 Å². The highest BCUT2D eigenvalue weighted by Gasteiger charge is 2.14. The van der Waals surface area contributed by atoms with Crippen molar-refractivity contribution in [3.05, 3.63) is 51.2 Å². The van der Waals surface area contributed by atoms with Crippen LogP contribution in [0.25, 0.3) is 0 Å². The molecule has 0 aliphatic heterocycles. The quantitative estimate of drug-likeness (QED) is 0.928. The minimum absolute atomic E-state index is 0.262. The molecule has 2 aromatic rings. The normalized spacial score (nSPS) is 10.3. The van der Waals surface area contributed by atoms with Crippen LogP contribution in [0, 0.1) is 0 Å². The minimum Gasteiger partial charge on any atom is -0.478 e. The molecule has 0 amide bonds. The van der Waals surface area contributed by atoms with Gasteiger partial charge in [-0.05, 0) is 29.6 Å². The van der Waals surface area contributed by atoms with Crippen molar-refractivity contribution in [3.63, 3.8) is 0 Å². The molecule has 0 radical (unpaired) electrons. The highest BCUT2D eigenvalue weighted by molar-refractivity contribution is 7.09. The van der Waals surface area contributed by atoms with Gasteiger partial charge >= 0.3 is 5.97 Å². The molecule has 0 atom stereocenters. The second-order valence-corrected chi connectivity index (χ2v) is 5.37. The van der Waals surface area contributed by atoms with Crippen molar-refractivity contribution in [2.75, 3.05) is 11.9 Å².